The summed E-state index contributed by atoms with van der Waals surface area (Å²) in [6, 6.07) is 17.7. The van der Waals surface area contributed by atoms with Crippen LogP contribution in [0.15, 0.2) is 77.8 Å². The van der Waals surface area contributed by atoms with Crippen LogP contribution in [0.25, 0.3) is 0 Å². The van der Waals surface area contributed by atoms with Crippen molar-refractivity contribution in [1.29, 1.82) is 0 Å². The van der Waals surface area contributed by atoms with E-state index in [4.69, 9.17) is 4.74 Å². The second-order valence-corrected chi connectivity index (χ2v) is 8.65. The van der Waals surface area contributed by atoms with Crippen molar-refractivity contribution in [3.05, 3.63) is 101 Å². The number of ketones is 1. The summed E-state index contributed by atoms with van der Waals surface area (Å²) in [4.78, 5) is 18.1. The molecule has 1 aliphatic rings. The molecular weight excluding hydrogens is 454 g/mol. The smallest absolute Gasteiger partial charge is 0.393 e. The number of hydrogen-bond donors (Lipinski definition) is 0. The molecule has 0 N–H and O–H groups in total. The Kier molecular flexibility index (Phi) is 6.56. The lowest BCUT2D eigenvalue weighted by Gasteiger charge is -2.19. The molecule has 8 heteroatoms. The summed E-state index contributed by atoms with van der Waals surface area (Å²) in [5.41, 5.74) is 1.57. The number of hydrogen-bond acceptors (Lipinski definition) is 4. The molecule has 2 atom stereocenters. The summed E-state index contributed by atoms with van der Waals surface area (Å²) < 4.78 is 57.4. The van der Waals surface area contributed by atoms with E-state index in [-0.39, 0.29) is 16.9 Å². The van der Waals surface area contributed by atoms with Gasteiger partial charge in [0.2, 0.25) is 0 Å². The van der Waals surface area contributed by atoms with Gasteiger partial charge in [-0.1, -0.05) is 48.2 Å². The lowest BCUT2D eigenvalue weighted by atomic mass is 9.95. The summed E-state index contributed by atoms with van der Waals surface area (Å²) in [6.07, 6.45) is -5.49. The minimum atomic E-state index is -4.38. The SMILES string of the molecule is COc1ccccc1C1SC(c2ccc(F)cc2)=NC1C(=O)c1cccc(CC(F)(F)F)c1. The number of alkyl halides is 3. The second kappa shape index (κ2) is 9.39. The summed E-state index contributed by atoms with van der Waals surface area (Å²) >= 11 is 1.34. The van der Waals surface area contributed by atoms with Crippen molar-refractivity contribution < 1.29 is 27.1 Å². The Labute approximate surface area is 192 Å². The number of benzene rings is 3. The lowest BCUT2D eigenvalue weighted by Crippen LogP contribution is -2.23. The molecule has 2 unspecified atom stereocenters. The minimum Gasteiger partial charge on any atom is -0.496 e. The first-order chi connectivity index (χ1) is 15.7. The topological polar surface area (TPSA) is 38.7 Å². The molecule has 3 aromatic carbocycles. The molecule has 0 amide bonds. The van der Waals surface area contributed by atoms with Gasteiger partial charge in [-0.2, -0.15) is 13.2 Å². The minimum absolute atomic E-state index is 0.00980. The molecule has 33 heavy (non-hydrogen) atoms. The van der Waals surface area contributed by atoms with Crippen LogP contribution in [-0.4, -0.2) is 30.2 Å². The quantitative estimate of drug-likeness (QED) is 0.306. The van der Waals surface area contributed by atoms with Crippen molar-refractivity contribution in [1.82, 2.24) is 0 Å². The fraction of sp³-hybridized carbons (Fsp3) is 0.200. The Balaban J connectivity index is 1.73. The van der Waals surface area contributed by atoms with Gasteiger partial charge in [-0.15, -0.1) is 0 Å². The molecule has 0 bridgehead atoms. The molecule has 0 saturated heterocycles. The van der Waals surface area contributed by atoms with Gasteiger partial charge < -0.3 is 4.74 Å². The maximum Gasteiger partial charge on any atom is 0.393 e. The average molecular weight is 473 g/mol. The Morgan fingerprint density at radius 1 is 1.03 bits per heavy atom. The number of ether oxygens (including phenoxy) is 1. The molecule has 0 radical (unpaired) electrons. The molecule has 3 nitrogen and oxygen atoms in total. The molecule has 0 fully saturated rings. The molecule has 170 valence electrons. The van der Waals surface area contributed by atoms with Gasteiger partial charge in [0.05, 0.1) is 23.8 Å². The first-order valence-corrected chi connectivity index (χ1v) is 11.0. The summed E-state index contributed by atoms with van der Waals surface area (Å²) in [6.45, 7) is 0. The maximum atomic E-state index is 13.5. The summed E-state index contributed by atoms with van der Waals surface area (Å²) in [7, 11) is 1.53. The number of aliphatic imine (C=N–C) groups is 1. The molecule has 1 heterocycles. The highest BCUT2D eigenvalue weighted by Gasteiger charge is 2.39. The Morgan fingerprint density at radius 2 is 1.76 bits per heavy atom. The predicted molar refractivity (Wildman–Crippen MR) is 121 cm³/mol. The highest BCUT2D eigenvalue weighted by Crippen LogP contribution is 2.46. The normalized spacial score (nSPS) is 18.2. The lowest BCUT2D eigenvalue weighted by molar-refractivity contribution is -0.127. The van der Waals surface area contributed by atoms with E-state index in [2.05, 4.69) is 4.99 Å². The fourth-order valence-corrected chi connectivity index (χ4v) is 5.03. The number of halogens is 4. The monoisotopic (exact) mass is 473 g/mol. The first-order valence-electron chi connectivity index (χ1n) is 10.1. The zero-order chi connectivity index (χ0) is 23.6. The van der Waals surface area contributed by atoms with Crippen LogP contribution in [0.3, 0.4) is 0 Å². The predicted octanol–water partition coefficient (Wildman–Crippen LogP) is 6.43. The van der Waals surface area contributed by atoms with Gasteiger partial charge in [0.15, 0.2) is 5.78 Å². The highest BCUT2D eigenvalue weighted by atomic mass is 32.2. The molecule has 3 aromatic rings. The maximum absolute atomic E-state index is 13.5. The van der Waals surface area contributed by atoms with E-state index in [0.29, 0.717) is 16.4 Å². The third kappa shape index (κ3) is 5.27. The van der Waals surface area contributed by atoms with Crippen LogP contribution >= 0.6 is 11.8 Å². The van der Waals surface area contributed by atoms with Crippen LogP contribution in [0.2, 0.25) is 0 Å². The first kappa shape index (κ1) is 23.0. The fourth-order valence-electron chi connectivity index (χ4n) is 3.71. The number of nitrogens with zero attached hydrogens (tertiary/aromatic N) is 1. The molecular formula is C25H19F4NO2S. The molecule has 0 aromatic heterocycles. The van der Waals surface area contributed by atoms with Crippen molar-refractivity contribution in [2.75, 3.05) is 7.11 Å². The number of carbonyl (C=O) groups is 1. The molecule has 0 spiro atoms. The van der Waals surface area contributed by atoms with Crippen LogP contribution in [-0.2, 0) is 6.42 Å². The van der Waals surface area contributed by atoms with Crippen LogP contribution in [0.4, 0.5) is 17.6 Å². The zero-order valence-electron chi connectivity index (χ0n) is 17.5. The number of rotatable bonds is 6. The van der Waals surface area contributed by atoms with Gasteiger partial charge in [0.25, 0.3) is 0 Å². The van der Waals surface area contributed by atoms with Crippen molar-refractivity contribution >= 4 is 22.6 Å². The van der Waals surface area contributed by atoms with Crippen LogP contribution < -0.4 is 4.74 Å². The number of methoxy groups -OCH3 is 1. The van der Waals surface area contributed by atoms with Crippen molar-refractivity contribution in [3.63, 3.8) is 0 Å². The summed E-state index contributed by atoms with van der Waals surface area (Å²) in [5, 5.41) is 0.0932. The molecule has 0 aliphatic carbocycles. The zero-order valence-corrected chi connectivity index (χ0v) is 18.3. The third-order valence-electron chi connectivity index (χ3n) is 5.20. The van der Waals surface area contributed by atoms with Crippen molar-refractivity contribution in [2.45, 2.75) is 23.9 Å². The van der Waals surface area contributed by atoms with E-state index in [0.717, 1.165) is 5.56 Å². The Hall–Kier alpha value is -3.13. The van der Waals surface area contributed by atoms with E-state index in [1.807, 2.05) is 12.1 Å². The third-order valence-corrected chi connectivity index (χ3v) is 6.53. The summed E-state index contributed by atoms with van der Waals surface area (Å²) in [5.74, 6) is -0.202. The van der Waals surface area contributed by atoms with Crippen molar-refractivity contribution in [3.8, 4) is 5.75 Å². The Morgan fingerprint density at radius 3 is 2.45 bits per heavy atom. The van der Waals surface area contributed by atoms with E-state index in [1.54, 1.807) is 24.3 Å². The highest BCUT2D eigenvalue weighted by molar-refractivity contribution is 8.15. The largest absolute Gasteiger partial charge is 0.496 e. The molecule has 1 aliphatic heterocycles. The van der Waals surface area contributed by atoms with Gasteiger partial charge in [0.1, 0.15) is 17.6 Å². The van der Waals surface area contributed by atoms with Gasteiger partial charge in [-0.05, 0) is 42.0 Å². The Bertz CT molecular complexity index is 1190. The van der Waals surface area contributed by atoms with E-state index in [1.165, 1.54) is 55.3 Å². The van der Waals surface area contributed by atoms with Crippen LogP contribution in [0.1, 0.15) is 32.3 Å². The van der Waals surface area contributed by atoms with E-state index >= 15 is 0 Å². The van der Waals surface area contributed by atoms with E-state index in [9.17, 15) is 22.4 Å². The van der Waals surface area contributed by atoms with Gasteiger partial charge in [0, 0.05) is 16.7 Å². The number of thioether (sulfide) groups is 1. The van der Waals surface area contributed by atoms with E-state index < -0.39 is 29.7 Å². The second-order valence-electron chi connectivity index (χ2n) is 7.52. The average Bonchev–Trinajstić information content (AvgIpc) is 3.23. The molecule has 4 rings (SSSR count). The number of Topliss-reactive ketones (excluding diaryl/α,β-unsaturated/α-hetero) is 1. The van der Waals surface area contributed by atoms with Gasteiger partial charge in [-0.25, -0.2) is 4.39 Å². The van der Waals surface area contributed by atoms with Crippen LogP contribution in [0, 0.1) is 5.82 Å². The molecule has 0 saturated carbocycles. The van der Waals surface area contributed by atoms with Gasteiger partial charge in [-0.3, -0.25) is 9.79 Å². The standard InChI is InChI=1S/C25H19F4NO2S/c1-32-20-8-3-2-7-19(20)23-21(30-24(33-23)16-9-11-18(26)12-10-16)22(31)17-6-4-5-15(13-17)14-25(27,28)29/h2-13,21,23H,14H2,1H3. The van der Waals surface area contributed by atoms with Gasteiger partial charge >= 0.3 is 6.18 Å². The number of para-hydroxylation sites is 1. The van der Waals surface area contributed by atoms with Crippen LogP contribution in [0.5, 0.6) is 5.75 Å². The van der Waals surface area contributed by atoms with Crippen molar-refractivity contribution in [2.24, 2.45) is 4.99 Å². The number of carbonyl (C=O) groups excluding carboxylic acids is 1.